The number of nitrogens with one attached hydrogen (secondary N) is 1. The van der Waals surface area contributed by atoms with Crippen molar-refractivity contribution in [1.82, 2.24) is 24.6 Å². The Kier molecular flexibility index (Phi) is 8.05. The van der Waals surface area contributed by atoms with Gasteiger partial charge in [0.25, 0.3) is 5.56 Å². The number of carboxylic acids is 1. The maximum atomic E-state index is 12.6. The number of carboxylic acid groups (broad SMARTS) is 1. The minimum absolute atomic E-state index is 0.0359. The van der Waals surface area contributed by atoms with Gasteiger partial charge in [-0.15, -0.1) is 0 Å². The number of H-pyrrole nitrogens is 1. The van der Waals surface area contributed by atoms with Crippen LogP contribution in [0.2, 0.25) is 5.02 Å². The molecule has 14 heteroatoms. The van der Waals surface area contributed by atoms with Gasteiger partial charge in [0.1, 0.15) is 23.1 Å². The SMILES string of the molecule is CC(c1nc2c(cnn2C2CCOCC2)c(=O)[nH]1)N1CC(Oc2ccccc2Cl)C1.O=C(O)C(F)(F)F. The van der Waals surface area contributed by atoms with E-state index in [1.54, 1.807) is 6.20 Å². The third-order valence-electron chi connectivity index (χ3n) is 6.21. The molecule has 10 nitrogen and oxygen atoms in total. The second-order valence-corrected chi connectivity index (χ2v) is 9.13. The van der Waals surface area contributed by atoms with Gasteiger partial charge in [0, 0.05) is 26.3 Å². The number of likely N-dealkylation sites (tertiary alicyclic amines) is 1. The van der Waals surface area contributed by atoms with Crippen molar-refractivity contribution in [3.63, 3.8) is 0 Å². The van der Waals surface area contributed by atoms with Crippen LogP contribution in [0, 0.1) is 0 Å². The lowest BCUT2D eigenvalue weighted by atomic mass is 10.1. The minimum Gasteiger partial charge on any atom is -0.486 e. The Morgan fingerprint density at radius 1 is 1.27 bits per heavy atom. The first-order valence-electron chi connectivity index (χ1n) is 11.5. The lowest BCUT2D eigenvalue weighted by Crippen LogP contribution is -2.54. The zero-order chi connectivity index (χ0) is 26.7. The first-order chi connectivity index (χ1) is 17.5. The summed E-state index contributed by atoms with van der Waals surface area (Å²) >= 11 is 6.18. The van der Waals surface area contributed by atoms with Crippen molar-refractivity contribution in [3.05, 3.63) is 51.7 Å². The Morgan fingerprint density at radius 3 is 2.54 bits per heavy atom. The number of hydrogen-bond acceptors (Lipinski definition) is 7. The number of halogens is 4. The summed E-state index contributed by atoms with van der Waals surface area (Å²) in [7, 11) is 0. The van der Waals surface area contributed by atoms with Crippen LogP contribution in [0.15, 0.2) is 35.3 Å². The summed E-state index contributed by atoms with van der Waals surface area (Å²) in [6.07, 6.45) is -1.65. The third kappa shape index (κ3) is 6.22. The molecule has 0 amide bonds. The van der Waals surface area contributed by atoms with E-state index >= 15 is 0 Å². The molecule has 5 rings (SSSR count). The summed E-state index contributed by atoms with van der Waals surface area (Å²) in [6.45, 7) is 4.95. The van der Waals surface area contributed by atoms with Crippen LogP contribution in [0.4, 0.5) is 13.2 Å². The molecule has 37 heavy (non-hydrogen) atoms. The lowest BCUT2D eigenvalue weighted by Gasteiger charge is -2.42. The average molecular weight is 544 g/mol. The molecule has 200 valence electrons. The van der Waals surface area contributed by atoms with E-state index in [1.165, 1.54) is 0 Å². The highest BCUT2D eigenvalue weighted by Crippen LogP contribution is 2.30. The second-order valence-electron chi connectivity index (χ2n) is 8.72. The number of alkyl halides is 3. The van der Waals surface area contributed by atoms with Crippen molar-refractivity contribution >= 4 is 28.6 Å². The Morgan fingerprint density at radius 2 is 1.92 bits per heavy atom. The number of rotatable bonds is 5. The fourth-order valence-electron chi connectivity index (χ4n) is 4.10. The van der Waals surface area contributed by atoms with E-state index in [0.717, 1.165) is 25.9 Å². The first kappa shape index (κ1) is 26.9. The van der Waals surface area contributed by atoms with Gasteiger partial charge in [-0.1, -0.05) is 23.7 Å². The highest BCUT2D eigenvalue weighted by atomic mass is 35.5. The number of nitrogens with zero attached hydrogens (tertiary/aromatic N) is 4. The van der Waals surface area contributed by atoms with E-state index in [1.807, 2.05) is 35.9 Å². The molecule has 0 aliphatic carbocycles. The summed E-state index contributed by atoms with van der Waals surface area (Å²) in [4.78, 5) is 31.5. The van der Waals surface area contributed by atoms with E-state index in [0.29, 0.717) is 40.8 Å². The molecule has 3 aromatic rings. The molecular weight excluding hydrogens is 519 g/mol. The van der Waals surface area contributed by atoms with Gasteiger partial charge in [0.05, 0.1) is 23.3 Å². The maximum Gasteiger partial charge on any atom is 0.490 e. The Balaban J connectivity index is 0.000000405. The molecule has 1 atom stereocenters. The van der Waals surface area contributed by atoms with Gasteiger partial charge in [-0.05, 0) is 31.9 Å². The van der Waals surface area contributed by atoms with Gasteiger partial charge < -0.3 is 19.6 Å². The van der Waals surface area contributed by atoms with Gasteiger partial charge in [-0.3, -0.25) is 9.69 Å². The highest BCUT2D eigenvalue weighted by Gasteiger charge is 2.38. The molecule has 1 aromatic carbocycles. The number of ether oxygens (including phenoxy) is 2. The molecule has 4 heterocycles. The topological polar surface area (TPSA) is 123 Å². The van der Waals surface area contributed by atoms with Crippen LogP contribution in [0.5, 0.6) is 5.75 Å². The van der Waals surface area contributed by atoms with Crippen LogP contribution < -0.4 is 10.3 Å². The van der Waals surface area contributed by atoms with Crippen molar-refractivity contribution in [3.8, 4) is 5.75 Å². The molecule has 0 radical (unpaired) electrons. The quantitative estimate of drug-likeness (QED) is 0.501. The number of hydrogen-bond donors (Lipinski definition) is 2. The molecule has 2 saturated heterocycles. The first-order valence-corrected chi connectivity index (χ1v) is 11.9. The van der Waals surface area contributed by atoms with Crippen LogP contribution in [0.1, 0.15) is 37.7 Å². The fourth-order valence-corrected chi connectivity index (χ4v) is 4.28. The number of para-hydroxylation sites is 1. The van der Waals surface area contributed by atoms with Crippen LogP contribution in [0.25, 0.3) is 11.0 Å². The molecule has 2 N–H and O–H groups in total. The molecule has 2 aliphatic rings. The Bertz CT molecular complexity index is 1300. The predicted molar refractivity (Wildman–Crippen MR) is 127 cm³/mol. The molecule has 2 aliphatic heterocycles. The second kappa shape index (κ2) is 11.1. The third-order valence-corrected chi connectivity index (χ3v) is 6.52. The molecule has 0 bridgehead atoms. The molecule has 2 fully saturated rings. The summed E-state index contributed by atoms with van der Waals surface area (Å²) in [5, 5.41) is 12.7. The van der Waals surface area contributed by atoms with Crippen molar-refractivity contribution in [2.24, 2.45) is 0 Å². The average Bonchev–Trinajstić information content (AvgIpc) is 3.27. The Labute approximate surface area is 213 Å². The zero-order valence-corrected chi connectivity index (χ0v) is 20.5. The molecule has 0 spiro atoms. The van der Waals surface area contributed by atoms with E-state index in [2.05, 4.69) is 15.0 Å². The van der Waals surface area contributed by atoms with E-state index < -0.39 is 12.1 Å². The number of fused-ring (bicyclic) bond motifs is 1. The fraction of sp³-hybridized carbons (Fsp3) is 0.478. The summed E-state index contributed by atoms with van der Waals surface area (Å²) in [5.41, 5.74) is 0.501. The monoisotopic (exact) mass is 543 g/mol. The van der Waals surface area contributed by atoms with Crippen LogP contribution >= 0.6 is 11.6 Å². The molecule has 2 aromatic heterocycles. The van der Waals surface area contributed by atoms with Crippen molar-refractivity contribution in [1.29, 1.82) is 0 Å². The summed E-state index contributed by atoms with van der Waals surface area (Å²) < 4.78 is 45.1. The van der Waals surface area contributed by atoms with Gasteiger partial charge in [0.2, 0.25) is 0 Å². The maximum absolute atomic E-state index is 12.6. The van der Waals surface area contributed by atoms with Crippen LogP contribution in [0.3, 0.4) is 0 Å². The largest absolute Gasteiger partial charge is 0.490 e. The summed E-state index contributed by atoms with van der Waals surface area (Å²) in [5.74, 6) is -1.41. The van der Waals surface area contributed by atoms with Crippen molar-refractivity contribution in [2.45, 2.75) is 44.1 Å². The standard InChI is InChI=1S/C21H24ClN5O3.C2HF3O2/c1-13(26-11-15(12-26)30-18-5-3-2-4-17(18)22)19-24-20-16(21(28)25-19)10-23-27(20)14-6-8-29-9-7-14;3-2(4,5)1(6)7/h2-5,10,13-15H,6-9,11-12H2,1H3,(H,24,25,28);(H,6,7). The van der Waals surface area contributed by atoms with Crippen LogP contribution in [-0.2, 0) is 9.53 Å². The smallest absolute Gasteiger partial charge is 0.486 e. The van der Waals surface area contributed by atoms with Gasteiger partial charge >= 0.3 is 12.1 Å². The predicted octanol–water partition coefficient (Wildman–Crippen LogP) is 3.58. The normalized spacial score (nSPS) is 18.1. The lowest BCUT2D eigenvalue weighted by molar-refractivity contribution is -0.192. The Hall–Kier alpha value is -3.16. The molecule has 1 unspecified atom stereocenters. The van der Waals surface area contributed by atoms with E-state index in [4.69, 9.17) is 36.0 Å². The van der Waals surface area contributed by atoms with Gasteiger partial charge in [-0.2, -0.15) is 18.3 Å². The number of aliphatic carboxylic acids is 1. The zero-order valence-electron chi connectivity index (χ0n) is 19.7. The van der Waals surface area contributed by atoms with E-state index in [9.17, 15) is 18.0 Å². The highest BCUT2D eigenvalue weighted by molar-refractivity contribution is 6.32. The molecular formula is C23H25ClF3N5O5. The number of carbonyl (C=O) groups is 1. The number of benzene rings is 1. The van der Waals surface area contributed by atoms with Crippen LogP contribution in [-0.4, -0.2) is 74.3 Å². The minimum atomic E-state index is -5.08. The molecule has 0 saturated carbocycles. The number of aromatic amines is 1. The van der Waals surface area contributed by atoms with Gasteiger partial charge in [0.15, 0.2) is 5.65 Å². The van der Waals surface area contributed by atoms with Crippen molar-refractivity contribution in [2.75, 3.05) is 26.3 Å². The van der Waals surface area contributed by atoms with E-state index in [-0.39, 0.29) is 23.7 Å². The van der Waals surface area contributed by atoms with Crippen molar-refractivity contribution < 1.29 is 32.5 Å². The number of aromatic nitrogens is 4. The summed E-state index contributed by atoms with van der Waals surface area (Å²) in [6, 6.07) is 7.66. The van der Waals surface area contributed by atoms with Gasteiger partial charge in [-0.25, -0.2) is 14.5 Å².